The van der Waals surface area contributed by atoms with Gasteiger partial charge in [-0.2, -0.15) is 0 Å². The highest BCUT2D eigenvalue weighted by Crippen LogP contribution is 2.23. The molecule has 2 aromatic rings. The van der Waals surface area contributed by atoms with Gasteiger partial charge in [0.05, 0.1) is 0 Å². The number of carbonyl (C=O) groups excluding carboxylic acids is 2. The van der Waals surface area contributed by atoms with Crippen molar-refractivity contribution in [2.75, 3.05) is 5.32 Å². The zero-order valence-electron chi connectivity index (χ0n) is 13.3. The number of aryl methyl sites for hydroxylation is 2. The van der Waals surface area contributed by atoms with E-state index >= 15 is 0 Å². The average molecular weight is 343 g/mol. The number of halogens is 1. The number of rotatable bonds is 5. The SMILES string of the molecule is O=C(CCC(=O)c1ccc2c(c1)CCCC2)Nc1cc(Cl)ccn1. The Bertz CT molecular complexity index is 774. The fourth-order valence-electron chi connectivity index (χ4n) is 2.96. The molecule has 1 amide bonds. The smallest absolute Gasteiger partial charge is 0.225 e. The zero-order chi connectivity index (χ0) is 16.9. The van der Waals surface area contributed by atoms with Crippen LogP contribution in [0.3, 0.4) is 0 Å². The first-order chi connectivity index (χ1) is 11.6. The third-order valence-corrected chi connectivity index (χ3v) is 4.47. The minimum absolute atomic E-state index is 0.00224. The Labute approximate surface area is 146 Å². The van der Waals surface area contributed by atoms with E-state index in [0.29, 0.717) is 16.4 Å². The number of anilines is 1. The van der Waals surface area contributed by atoms with Crippen LogP contribution in [0, 0.1) is 0 Å². The Morgan fingerprint density at radius 2 is 1.83 bits per heavy atom. The lowest BCUT2D eigenvalue weighted by molar-refractivity contribution is -0.116. The van der Waals surface area contributed by atoms with Crippen molar-refractivity contribution in [3.63, 3.8) is 0 Å². The first kappa shape index (κ1) is 16.7. The van der Waals surface area contributed by atoms with Crippen molar-refractivity contribution in [2.24, 2.45) is 0 Å². The van der Waals surface area contributed by atoms with Crippen LogP contribution in [0.2, 0.25) is 5.02 Å². The minimum atomic E-state index is -0.240. The molecule has 0 bridgehead atoms. The van der Waals surface area contributed by atoms with Crippen LogP contribution in [0.25, 0.3) is 0 Å². The Balaban J connectivity index is 1.56. The molecule has 5 heteroatoms. The monoisotopic (exact) mass is 342 g/mol. The summed E-state index contributed by atoms with van der Waals surface area (Å²) < 4.78 is 0. The van der Waals surface area contributed by atoms with Crippen molar-refractivity contribution in [1.82, 2.24) is 4.98 Å². The predicted octanol–water partition coefficient (Wildman–Crippen LogP) is 4.22. The molecule has 0 atom stereocenters. The molecule has 124 valence electrons. The number of hydrogen-bond acceptors (Lipinski definition) is 3. The summed E-state index contributed by atoms with van der Waals surface area (Å²) in [5, 5.41) is 3.16. The predicted molar refractivity (Wildman–Crippen MR) is 94.5 cm³/mol. The first-order valence-electron chi connectivity index (χ1n) is 8.18. The summed E-state index contributed by atoms with van der Waals surface area (Å²) in [5.74, 6) is 0.155. The van der Waals surface area contributed by atoms with Crippen molar-refractivity contribution in [3.05, 3.63) is 58.2 Å². The third-order valence-electron chi connectivity index (χ3n) is 4.24. The van der Waals surface area contributed by atoms with Crippen LogP contribution in [0.15, 0.2) is 36.5 Å². The van der Waals surface area contributed by atoms with Gasteiger partial charge in [-0.25, -0.2) is 4.98 Å². The molecular formula is C19H19ClN2O2. The lowest BCUT2D eigenvalue weighted by Gasteiger charge is -2.16. The van der Waals surface area contributed by atoms with Gasteiger partial charge < -0.3 is 5.32 Å². The molecule has 1 aliphatic carbocycles. The fraction of sp³-hybridized carbons (Fsp3) is 0.316. The van der Waals surface area contributed by atoms with Gasteiger partial charge in [0.25, 0.3) is 0 Å². The minimum Gasteiger partial charge on any atom is -0.311 e. The maximum atomic E-state index is 12.3. The third kappa shape index (κ3) is 4.20. The quantitative estimate of drug-likeness (QED) is 0.828. The number of hydrogen-bond donors (Lipinski definition) is 1. The van der Waals surface area contributed by atoms with Crippen LogP contribution in [0.4, 0.5) is 5.82 Å². The second-order valence-corrected chi connectivity index (χ2v) is 6.46. The molecule has 0 spiro atoms. The van der Waals surface area contributed by atoms with Gasteiger partial charge in [-0.1, -0.05) is 23.7 Å². The Hall–Kier alpha value is -2.20. The lowest BCUT2D eigenvalue weighted by Crippen LogP contribution is -2.14. The van der Waals surface area contributed by atoms with E-state index in [2.05, 4.69) is 16.4 Å². The largest absolute Gasteiger partial charge is 0.311 e. The van der Waals surface area contributed by atoms with Gasteiger partial charge in [0, 0.05) is 29.6 Å². The highest BCUT2D eigenvalue weighted by atomic mass is 35.5. The number of nitrogens with zero attached hydrogens (tertiary/aromatic N) is 1. The number of amides is 1. The fourth-order valence-corrected chi connectivity index (χ4v) is 3.12. The van der Waals surface area contributed by atoms with Crippen molar-refractivity contribution < 1.29 is 9.59 Å². The second-order valence-electron chi connectivity index (χ2n) is 6.02. The first-order valence-corrected chi connectivity index (χ1v) is 8.56. The summed E-state index contributed by atoms with van der Waals surface area (Å²) in [6.45, 7) is 0. The van der Waals surface area contributed by atoms with Crippen molar-refractivity contribution in [1.29, 1.82) is 0 Å². The molecule has 0 fully saturated rings. The normalized spacial score (nSPS) is 13.2. The van der Waals surface area contributed by atoms with Gasteiger partial charge in [0.1, 0.15) is 5.82 Å². The van der Waals surface area contributed by atoms with E-state index in [1.807, 2.05) is 12.1 Å². The summed E-state index contributed by atoms with van der Waals surface area (Å²) in [6, 6.07) is 9.13. The topological polar surface area (TPSA) is 59.1 Å². The van der Waals surface area contributed by atoms with Crippen LogP contribution in [0.5, 0.6) is 0 Å². The zero-order valence-corrected chi connectivity index (χ0v) is 14.1. The highest BCUT2D eigenvalue weighted by molar-refractivity contribution is 6.30. The van der Waals surface area contributed by atoms with E-state index in [1.165, 1.54) is 30.2 Å². The molecule has 0 aliphatic heterocycles. The lowest BCUT2D eigenvalue weighted by atomic mass is 9.89. The number of fused-ring (bicyclic) bond motifs is 1. The maximum Gasteiger partial charge on any atom is 0.225 e. The number of Topliss-reactive ketones (excluding diaryl/α,β-unsaturated/α-hetero) is 1. The van der Waals surface area contributed by atoms with Crippen LogP contribution >= 0.6 is 11.6 Å². The second kappa shape index (κ2) is 7.58. The van der Waals surface area contributed by atoms with Crippen LogP contribution < -0.4 is 5.32 Å². The van der Waals surface area contributed by atoms with Crippen LogP contribution in [-0.2, 0) is 17.6 Å². The summed E-state index contributed by atoms with van der Waals surface area (Å²) in [4.78, 5) is 28.3. The Morgan fingerprint density at radius 1 is 1.04 bits per heavy atom. The molecule has 0 radical (unpaired) electrons. The molecule has 0 saturated carbocycles. The molecule has 1 aromatic carbocycles. The van der Waals surface area contributed by atoms with Gasteiger partial charge in [-0.15, -0.1) is 0 Å². The number of ketones is 1. The average Bonchev–Trinajstić information content (AvgIpc) is 2.59. The summed E-state index contributed by atoms with van der Waals surface area (Å²) in [6.07, 6.45) is 6.37. The van der Waals surface area contributed by atoms with Crippen LogP contribution in [0.1, 0.15) is 47.2 Å². The molecule has 0 unspecified atom stereocenters. The van der Waals surface area contributed by atoms with Gasteiger partial charge in [0.2, 0.25) is 5.91 Å². The summed E-state index contributed by atoms with van der Waals surface area (Å²) >= 11 is 5.85. The van der Waals surface area contributed by atoms with Crippen molar-refractivity contribution in [3.8, 4) is 0 Å². The highest BCUT2D eigenvalue weighted by Gasteiger charge is 2.14. The number of aromatic nitrogens is 1. The molecule has 3 rings (SSSR count). The Morgan fingerprint density at radius 3 is 2.62 bits per heavy atom. The Kier molecular flexibility index (Phi) is 5.26. The van der Waals surface area contributed by atoms with Gasteiger partial charge in [-0.3, -0.25) is 9.59 Å². The van der Waals surface area contributed by atoms with Gasteiger partial charge in [0.15, 0.2) is 5.78 Å². The van der Waals surface area contributed by atoms with E-state index in [0.717, 1.165) is 12.8 Å². The molecular weight excluding hydrogens is 324 g/mol. The summed E-state index contributed by atoms with van der Waals surface area (Å²) in [5.41, 5.74) is 3.33. The molecule has 1 aliphatic rings. The number of carbonyl (C=O) groups is 2. The summed E-state index contributed by atoms with van der Waals surface area (Å²) in [7, 11) is 0. The number of benzene rings is 1. The van der Waals surface area contributed by atoms with Crippen molar-refractivity contribution >= 4 is 29.1 Å². The standard InChI is InChI=1S/C19H19ClN2O2/c20-16-9-10-21-18(12-16)22-19(24)8-7-17(23)15-6-5-13-3-1-2-4-14(13)11-15/h5-6,9-12H,1-4,7-8H2,(H,21,22,24). The maximum absolute atomic E-state index is 12.3. The van der Waals surface area contributed by atoms with Crippen LogP contribution in [-0.4, -0.2) is 16.7 Å². The number of pyridine rings is 1. The van der Waals surface area contributed by atoms with E-state index in [1.54, 1.807) is 12.1 Å². The van der Waals surface area contributed by atoms with E-state index in [-0.39, 0.29) is 24.5 Å². The van der Waals surface area contributed by atoms with Gasteiger partial charge in [-0.05, 0) is 55.0 Å². The molecule has 0 saturated heterocycles. The van der Waals surface area contributed by atoms with E-state index in [9.17, 15) is 9.59 Å². The van der Waals surface area contributed by atoms with E-state index < -0.39 is 0 Å². The molecule has 24 heavy (non-hydrogen) atoms. The number of nitrogens with one attached hydrogen (secondary N) is 1. The molecule has 4 nitrogen and oxygen atoms in total. The molecule has 1 heterocycles. The molecule has 1 N–H and O–H groups in total. The van der Waals surface area contributed by atoms with Crippen molar-refractivity contribution in [2.45, 2.75) is 38.5 Å². The molecule has 1 aromatic heterocycles. The van der Waals surface area contributed by atoms with Gasteiger partial charge >= 0.3 is 0 Å². The van der Waals surface area contributed by atoms with E-state index in [4.69, 9.17) is 11.6 Å².